The predicted octanol–water partition coefficient (Wildman–Crippen LogP) is 0.537. The van der Waals surface area contributed by atoms with E-state index in [-0.39, 0.29) is 5.91 Å². The Labute approximate surface area is 135 Å². The van der Waals surface area contributed by atoms with Gasteiger partial charge in [-0.1, -0.05) is 0 Å². The van der Waals surface area contributed by atoms with Crippen LogP contribution in [-0.4, -0.2) is 71.0 Å². The molecule has 1 saturated heterocycles. The molecule has 1 N–H and O–H groups in total. The highest BCUT2D eigenvalue weighted by molar-refractivity contribution is 5.92. The molecule has 8 heteroatoms. The number of aromatic amines is 1. The summed E-state index contributed by atoms with van der Waals surface area (Å²) in [5.74, 6) is 2.34. The zero-order chi connectivity index (χ0) is 16.4. The van der Waals surface area contributed by atoms with Gasteiger partial charge in [0.05, 0.1) is 6.20 Å². The number of hydrogen-bond donors (Lipinski definition) is 1. The van der Waals surface area contributed by atoms with Crippen molar-refractivity contribution in [3.8, 4) is 0 Å². The Hall–Kier alpha value is -2.64. The summed E-state index contributed by atoms with van der Waals surface area (Å²) in [6, 6.07) is 1.91. The number of aryl methyl sites for hydroxylation is 1. The fourth-order valence-corrected chi connectivity index (χ4v) is 2.57. The molecule has 0 aliphatic carbocycles. The first-order chi connectivity index (χ1) is 11.0. The highest BCUT2D eigenvalue weighted by Crippen LogP contribution is 2.16. The number of nitrogens with one attached hydrogen (secondary N) is 1. The minimum atomic E-state index is 0.00178. The summed E-state index contributed by atoms with van der Waals surface area (Å²) in [6.07, 6.45) is 3.36. The van der Waals surface area contributed by atoms with Crippen molar-refractivity contribution in [2.24, 2.45) is 0 Å². The van der Waals surface area contributed by atoms with Crippen molar-refractivity contribution in [1.82, 2.24) is 24.8 Å². The molecule has 122 valence electrons. The Morgan fingerprint density at radius 3 is 2.57 bits per heavy atom. The highest BCUT2D eigenvalue weighted by Gasteiger charge is 2.24. The molecule has 3 heterocycles. The van der Waals surface area contributed by atoms with Crippen LogP contribution < -0.4 is 9.80 Å². The average molecular weight is 315 g/mol. The van der Waals surface area contributed by atoms with Crippen molar-refractivity contribution >= 4 is 17.7 Å². The number of H-pyrrole nitrogens is 1. The van der Waals surface area contributed by atoms with Crippen LogP contribution in [-0.2, 0) is 0 Å². The van der Waals surface area contributed by atoms with Crippen LogP contribution in [0.2, 0.25) is 0 Å². The van der Waals surface area contributed by atoms with E-state index in [2.05, 4.69) is 24.8 Å². The van der Waals surface area contributed by atoms with Crippen LogP contribution in [0.25, 0.3) is 0 Å². The maximum Gasteiger partial charge on any atom is 0.272 e. The van der Waals surface area contributed by atoms with Crippen LogP contribution in [0.1, 0.15) is 16.3 Å². The first-order valence-corrected chi connectivity index (χ1v) is 7.61. The fourth-order valence-electron chi connectivity index (χ4n) is 2.57. The van der Waals surface area contributed by atoms with Gasteiger partial charge in [-0.3, -0.25) is 4.79 Å². The maximum absolute atomic E-state index is 12.4. The number of imidazole rings is 1. The zero-order valence-corrected chi connectivity index (χ0v) is 13.7. The van der Waals surface area contributed by atoms with Gasteiger partial charge < -0.3 is 19.7 Å². The molecule has 23 heavy (non-hydrogen) atoms. The number of hydrogen-bond acceptors (Lipinski definition) is 6. The van der Waals surface area contributed by atoms with E-state index >= 15 is 0 Å². The summed E-state index contributed by atoms with van der Waals surface area (Å²) in [4.78, 5) is 34.2. The van der Waals surface area contributed by atoms with Gasteiger partial charge in [-0.25, -0.2) is 9.97 Å². The smallest absolute Gasteiger partial charge is 0.272 e. The normalized spacial score (nSPS) is 14.9. The van der Waals surface area contributed by atoms with Gasteiger partial charge in [-0.15, -0.1) is 0 Å². The highest BCUT2D eigenvalue weighted by atomic mass is 16.2. The molecule has 1 amide bonds. The minimum absolute atomic E-state index is 0.00178. The van der Waals surface area contributed by atoms with Crippen molar-refractivity contribution in [3.05, 3.63) is 30.0 Å². The third kappa shape index (κ3) is 3.25. The number of carbonyl (C=O) groups excluding carboxylic acids is 1. The van der Waals surface area contributed by atoms with Gasteiger partial charge in [0, 0.05) is 46.5 Å². The number of anilines is 2. The van der Waals surface area contributed by atoms with Crippen molar-refractivity contribution in [3.63, 3.8) is 0 Å². The standard InChI is InChI=1S/C15H21N7O/c1-11-17-10-12(18-11)14(23)22-8-6-21(7-9-22)13-4-5-16-15(19-13)20(2)3/h4-5,10H,6-9H2,1-3H3,(H,17,18). The largest absolute Gasteiger partial charge is 0.353 e. The van der Waals surface area contributed by atoms with Crippen LogP contribution in [0, 0.1) is 6.92 Å². The summed E-state index contributed by atoms with van der Waals surface area (Å²) in [7, 11) is 3.84. The van der Waals surface area contributed by atoms with Gasteiger partial charge in [0.1, 0.15) is 17.3 Å². The molecule has 2 aromatic heterocycles. The molecule has 8 nitrogen and oxygen atoms in total. The average Bonchev–Trinajstić information content (AvgIpc) is 3.01. The lowest BCUT2D eigenvalue weighted by Gasteiger charge is -2.35. The summed E-state index contributed by atoms with van der Waals surface area (Å²) in [5, 5.41) is 0. The monoisotopic (exact) mass is 315 g/mol. The van der Waals surface area contributed by atoms with E-state index in [9.17, 15) is 4.79 Å². The summed E-state index contributed by atoms with van der Waals surface area (Å²) >= 11 is 0. The molecule has 0 spiro atoms. The van der Waals surface area contributed by atoms with Gasteiger partial charge in [0.15, 0.2) is 0 Å². The number of rotatable bonds is 3. The molecular weight excluding hydrogens is 294 g/mol. The summed E-state index contributed by atoms with van der Waals surface area (Å²) in [6.45, 7) is 4.67. The third-order valence-corrected chi connectivity index (χ3v) is 3.85. The number of piperazine rings is 1. The van der Waals surface area contributed by atoms with E-state index in [0.717, 1.165) is 24.7 Å². The lowest BCUT2D eigenvalue weighted by molar-refractivity contribution is 0.0741. The second kappa shape index (κ2) is 6.23. The molecule has 0 saturated carbocycles. The molecular formula is C15H21N7O. The van der Waals surface area contributed by atoms with Crippen LogP contribution in [0.3, 0.4) is 0 Å². The topological polar surface area (TPSA) is 81.2 Å². The van der Waals surface area contributed by atoms with Crippen molar-refractivity contribution in [1.29, 1.82) is 0 Å². The molecule has 1 aliphatic rings. The Morgan fingerprint density at radius 1 is 1.22 bits per heavy atom. The van der Waals surface area contributed by atoms with E-state index in [0.29, 0.717) is 24.7 Å². The molecule has 0 atom stereocenters. The fraction of sp³-hybridized carbons (Fsp3) is 0.467. The quantitative estimate of drug-likeness (QED) is 0.890. The second-order valence-electron chi connectivity index (χ2n) is 5.77. The van der Waals surface area contributed by atoms with Gasteiger partial charge in [-0.05, 0) is 13.0 Å². The van der Waals surface area contributed by atoms with Crippen LogP contribution in [0.15, 0.2) is 18.5 Å². The number of nitrogens with zero attached hydrogens (tertiary/aromatic N) is 6. The van der Waals surface area contributed by atoms with Crippen molar-refractivity contribution in [2.45, 2.75) is 6.92 Å². The van der Waals surface area contributed by atoms with Crippen LogP contribution in [0.5, 0.6) is 0 Å². The summed E-state index contributed by atoms with van der Waals surface area (Å²) in [5.41, 5.74) is 0.549. The molecule has 1 fully saturated rings. The summed E-state index contributed by atoms with van der Waals surface area (Å²) < 4.78 is 0. The molecule has 0 unspecified atom stereocenters. The SMILES string of the molecule is Cc1ncc(C(=O)N2CCN(c3ccnc(N(C)C)n3)CC2)[nH]1. The van der Waals surface area contributed by atoms with E-state index in [4.69, 9.17) is 0 Å². The molecule has 0 aromatic carbocycles. The first kappa shape index (κ1) is 15.3. The Bertz CT molecular complexity index is 689. The lowest BCUT2D eigenvalue weighted by Crippen LogP contribution is -2.49. The first-order valence-electron chi connectivity index (χ1n) is 7.61. The van der Waals surface area contributed by atoms with Crippen molar-refractivity contribution < 1.29 is 4.79 Å². The number of amides is 1. The van der Waals surface area contributed by atoms with Crippen LogP contribution >= 0.6 is 0 Å². The van der Waals surface area contributed by atoms with E-state index < -0.39 is 0 Å². The Balaban J connectivity index is 1.64. The maximum atomic E-state index is 12.4. The second-order valence-corrected chi connectivity index (χ2v) is 5.77. The van der Waals surface area contributed by atoms with Gasteiger partial charge in [-0.2, -0.15) is 4.98 Å². The number of aromatic nitrogens is 4. The Morgan fingerprint density at radius 2 is 1.96 bits per heavy atom. The molecule has 0 radical (unpaired) electrons. The van der Waals surface area contributed by atoms with E-state index in [1.54, 1.807) is 12.4 Å². The molecule has 1 aliphatic heterocycles. The Kier molecular flexibility index (Phi) is 4.14. The number of carbonyl (C=O) groups is 1. The molecule has 0 bridgehead atoms. The molecule has 2 aromatic rings. The third-order valence-electron chi connectivity index (χ3n) is 3.85. The van der Waals surface area contributed by atoms with Gasteiger partial charge in [0.25, 0.3) is 5.91 Å². The van der Waals surface area contributed by atoms with E-state index in [1.165, 1.54) is 0 Å². The van der Waals surface area contributed by atoms with E-state index in [1.807, 2.05) is 36.9 Å². The van der Waals surface area contributed by atoms with Crippen LogP contribution in [0.4, 0.5) is 11.8 Å². The predicted molar refractivity (Wildman–Crippen MR) is 87.8 cm³/mol. The lowest BCUT2D eigenvalue weighted by atomic mass is 10.3. The van der Waals surface area contributed by atoms with Gasteiger partial charge in [0.2, 0.25) is 5.95 Å². The minimum Gasteiger partial charge on any atom is -0.353 e. The van der Waals surface area contributed by atoms with Gasteiger partial charge >= 0.3 is 0 Å². The molecule has 3 rings (SSSR count). The van der Waals surface area contributed by atoms with Crippen molar-refractivity contribution in [2.75, 3.05) is 50.1 Å². The zero-order valence-electron chi connectivity index (χ0n) is 13.7.